The molecule has 2 nitrogen and oxygen atoms in total. The van der Waals surface area contributed by atoms with E-state index in [-0.39, 0.29) is 11.5 Å². The van der Waals surface area contributed by atoms with Gasteiger partial charge in [0.05, 0.1) is 0 Å². The van der Waals surface area contributed by atoms with E-state index in [4.69, 9.17) is 0 Å². The molecule has 1 aromatic heterocycles. The number of nitrogens with zero attached hydrogens (tertiary/aromatic N) is 2. The zero-order chi connectivity index (χ0) is 16.2. The van der Waals surface area contributed by atoms with Gasteiger partial charge in [0, 0.05) is 30.4 Å². The number of hydrogen-bond donors (Lipinski definition) is 0. The summed E-state index contributed by atoms with van der Waals surface area (Å²) >= 11 is 0. The topological polar surface area (TPSA) is 17.8 Å². The molecule has 0 aliphatic rings. The Morgan fingerprint density at radius 2 is 1.74 bits per heavy atom. The van der Waals surface area contributed by atoms with Crippen LogP contribution in [0.2, 0.25) is 0 Å². The minimum atomic E-state index is -2.45. The standard InChI is InChI=1S/C19H18F2N2/c1-14(16-8-5-9-17(12-16)18(20)21)19-22-10-11-23(19)13-15-6-3-2-4-7-15/h2-12,14,18H,13H2,1H3. The second-order valence-electron chi connectivity index (χ2n) is 5.59. The Bertz CT molecular complexity index is 766. The summed E-state index contributed by atoms with van der Waals surface area (Å²) < 4.78 is 27.9. The summed E-state index contributed by atoms with van der Waals surface area (Å²) in [6.45, 7) is 2.71. The molecule has 0 fully saturated rings. The van der Waals surface area contributed by atoms with Crippen molar-refractivity contribution in [2.75, 3.05) is 0 Å². The molecule has 23 heavy (non-hydrogen) atoms. The number of imidazole rings is 1. The molecule has 3 rings (SSSR count). The van der Waals surface area contributed by atoms with Crippen molar-refractivity contribution >= 4 is 0 Å². The number of halogens is 2. The lowest BCUT2D eigenvalue weighted by atomic mass is 9.98. The predicted molar refractivity (Wildman–Crippen MR) is 86.7 cm³/mol. The number of benzene rings is 2. The van der Waals surface area contributed by atoms with E-state index < -0.39 is 6.43 Å². The van der Waals surface area contributed by atoms with Crippen LogP contribution in [0, 0.1) is 0 Å². The van der Waals surface area contributed by atoms with Crippen LogP contribution in [-0.4, -0.2) is 9.55 Å². The van der Waals surface area contributed by atoms with Crippen molar-refractivity contribution in [3.05, 3.63) is 89.5 Å². The van der Waals surface area contributed by atoms with Crippen molar-refractivity contribution in [1.29, 1.82) is 0 Å². The van der Waals surface area contributed by atoms with E-state index in [9.17, 15) is 8.78 Å². The molecule has 0 bridgehead atoms. The Kier molecular flexibility index (Phi) is 4.51. The third-order valence-corrected chi connectivity index (χ3v) is 3.99. The van der Waals surface area contributed by atoms with Crippen LogP contribution in [-0.2, 0) is 6.54 Å². The Morgan fingerprint density at radius 3 is 2.48 bits per heavy atom. The first kappa shape index (κ1) is 15.4. The van der Waals surface area contributed by atoms with Gasteiger partial charge in [-0.25, -0.2) is 13.8 Å². The fourth-order valence-electron chi connectivity index (χ4n) is 2.73. The van der Waals surface area contributed by atoms with E-state index in [0.29, 0.717) is 0 Å². The smallest absolute Gasteiger partial charge is 0.263 e. The summed E-state index contributed by atoms with van der Waals surface area (Å²) in [5.74, 6) is 0.827. The highest BCUT2D eigenvalue weighted by Crippen LogP contribution is 2.27. The van der Waals surface area contributed by atoms with Crippen LogP contribution in [0.1, 0.15) is 41.8 Å². The number of alkyl halides is 2. The fraction of sp³-hybridized carbons (Fsp3) is 0.211. The van der Waals surface area contributed by atoms with Crippen LogP contribution in [0.4, 0.5) is 8.78 Å². The van der Waals surface area contributed by atoms with Crippen molar-refractivity contribution in [3.63, 3.8) is 0 Å². The van der Waals surface area contributed by atoms with Gasteiger partial charge in [-0.2, -0.15) is 0 Å². The van der Waals surface area contributed by atoms with Gasteiger partial charge < -0.3 is 4.57 Å². The quantitative estimate of drug-likeness (QED) is 0.647. The van der Waals surface area contributed by atoms with Crippen LogP contribution in [0.5, 0.6) is 0 Å². The molecule has 3 aromatic rings. The maximum absolute atomic E-state index is 12.9. The van der Waals surface area contributed by atoms with Gasteiger partial charge in [-0.15, -0.1) is 0 Å². The molecule has 1 atom stereocenters. The van der Waals surface area contributed by atoms with Crippen molar-refractivity contribution < 1.29 is 8.78 Å². The minimum Gasteiger partial charge on any atom is -0.330 e. The van der Waals surface area contributed by atoms with Crippen molar-refractivity contribution in [3.8, 4) is 0 Å². The first-order chi connectivity index (χ1) is 11.1. The Labute approximate surface area is 134 Å². The fourth-order valence-corrected chi connectivity index (χ4v) is 2.73. The molecule has 4 heteroatoms. The van der Waals surface area contributed by atoms with E-state index in [1.54, 1.807) is 18.3 Å². The number of aromatic nitrogens is 2. The van der Waals surface area contributed by atoms with E-state index in [1.165, 1.54) is 11.6 Å². The van der Waals surface area contributed by atoms with Crippen molar-refractivity contribution in [2.45, 2.75) is 25.8 Å². The van der Waals surface area contributed by atoms with Gasteiger partial charge in [0.25, 0.3) is 6.43 Å². The molecular weight excluding hydrogens is 294 g/mol. The summed E-state index contributed by atoms with van der Waals surface area (Å²) in [6, 6.07) is 16.7. The zero-order valence-corrected chi connectivity index (χ0v) is 12.9. The van der Waals surface area contributed by atoms with Gasteiger partial charge in [0.1, 0.15) is 5.82 Å². The third-order valence-electron chi connectivity index (χ3n) is 3.99. The molecule has 0 aliphatic heterocycles. The summed E-state index contributed by atoms with van der Waals surface area (Å²) in [7, 11) is 0. The SMILES string of the molecule is CC(c1cccc(C(F)F)c1)c1nccn1Cc1ccccc1. The predicted octanol–water partition coefficient (Wildman–Crippen LogP) is 5.02. The monoisotopic (exact) mass is 312 g/mol. The lowest BCUT2D eigenvalue weighted by Crippen LogP contribution is -2.09. The zero-order valence-electron chi connectivity index (χ0n) is 12.9. The molecule has 0 amide bonds. The Morgan fingerprint density at radius 1 is 1.00 bits per heavy atom. The Hall–Kier alpha value is -2.49. The Balaban J connectivity index is 1.87. The highest BCUT2D eigenvalue weighted by Gasteiger charge is 2.16. The van der Waals surface area contributed by atoms with E-state index in [0.717, 1.165) is 17.9 Å². The van der Waals surface area contributed by atoms with Gasteiger partial charge in [0.15, 0.2) is 0 Å². The average Bonchev–Trinajstić information content (AvgIpc) is 3.03. The lowest BCUT2D eigenvalue weighted by molar-refractivity contribution is 0.151. The van der Waals surface area contributed by atoms with Gasteiger partial charge in [-0.3, -0.25) is 0 Å². The summed E-state index contributed by atoms with van der Waals surface area (Å²) in [5, 5.41) is 0. The van der Waals surface area contributed by atoms with Crippen LogP contribution >= 0.6 is 0 Å². The lowest BCUT2D eigenvalue weighted by Gasteiger charge is -2.15. The number of hydrogen-bond acceptors (Lipinski definition) is 1. The van der Waals surface area contributed by atoms with Crippen LogP contribution in [0.25, 0.3) is 0 Å². The third kappa shape index (κ3) is 3.47. The second-order valence-corrected chi connectivity index (χ2v) is 5.59. The molecule has 118 valence electrons. The normalized spacial score (nSPS) is 12.5. The molecule has 0 radical (unpaired) electrons. The highest BCUT2D eigenvalue weighted by molar-refractivity contribution is 5.31. The van der Waals surface area contributed by atoms with E-state index in [2.05, 4.69) is 21.7 Å². The first-order valence-corrected chi connectivity index (χ1v) is 7.58. The molecule has 0 spiro atoms. The van der Waals surface area contributed by atoms with Gasteiger partial charge >= 0.3 is 0 Å². The van der Waals surface area contributed by atoms with Gasteiger partial charge in [-0.05, 0) is 17.2 Å². The largest absolute Gasteiger partial charge is 0.330 e. The maximum atomic E-state index is 12.9. The minimum absolute atomic E-state index is 0.0487. The van der Waals surface area contributed by atoms with Crippen LogP contribution in [0.15, 0.2) is 67.0 Å². The maximum Gasteiger partial charge on any atom is 0.263 e. The average molecular weight is 312 g/mol. The summed E-state index contributed by atoms with van der Waals surface area (Å²) in [6.07, 6.45) is 1.23. The molecule has 0 saturated carbocycles. The molecule has 2 aromatic carbocycles. The molecule has 1 heterocycles. The summed E-state index contributed by atoms with van der Waals surface area (Å²) in [4.78, 5) is 4.44. The van der Waals surface area contributed by atoms with Crippen LogP contribution < -0.4 is 0 Å². The van der Waals surface area contributed by atoms with E-state index in [1.807, 2.05) is 37.4 Å². The molecular formula is C19H18F2N2. The van der Waals surface area contributed by atoms with Crippen molar-refractivity contribution in [1.82, 2.24) is 9.55 Å². The van der Waals surface area contributed by atoms with Gasteiger partial charge in [-0.1, -0.05) is 55.5 Å². The van der Waals surface area contributed by atoms with E-state index >= 15 is 0 Å². The second kappa shape index (κ2) is 6.73. The number of rotatable bonds is 5. The van der Waals surface area contributed by atoms with Crippen LogP contribution in [0.3, 0.4) is 0 Å². The molecule has 1 unspecified atom stereocenters. The summed E-state index contributed by atoms with van der Waals surface area (Å²) in [5.41, 5.74) is 2.08. The van der Waals surface area contributed by atoms with Crippen molar-refractivity contribution in [2.24, 2.45) is 0 Å². The molecule has 0 N–H and O–H groups in total. The van der Waals surface area contributed by atoms with Gasteiger partial charge in [0.2, 0.25) is 0 Å². The molecule has 0 aliphatic carbocycles. The first-order valence-electron chi connectivity index (χ1n) is 7.58. The highest BCUT2D eigenvalue weighted by atomic mass is 19.3. The molecule has 0 saturated heterocycles.